The molecule has 2 nitrogen and oxygen atoms in total. The Labute approximate surface area is 75.4 Å². The minimum Gasteiger partial charge on any atom is -0.395 e. The van der Waals surface area contributed by atoms with Crippen molar-refractivity contribution in [2.75, 3.05) is 6.61 Å². The number of nitrogens with one attached hydrogen (secondary N) is 1. The van der Waals surface area contributed by atoms with E-state index in [-0.39, 0.29) is 12.6 Å². The molecular formula is C10H21NO. The molecule has 1 saturated carbocycles. The fraction of sp³-hybridized carbons (Fsp3) is 1.00. The third-order valence-corrected chi connectivity index (χ3v) is 3.28. The van der Waals surface area contributed by atoms with Crippen LogP contribution in [0.1, 0.15) is 40.0 Å². The largest absolute Gasteiger partial charge is 0.395 e. The molecule has 1 rings (SSSR count). The van der Waals surface area contributed by atoms with Crippen LogP contribution in [0.15, 0.2) is 0 Å². The van der Waals surface area contributed by atoms with E-state index >= 15 is 0 Å². The van der Waals surface area contributed by atoms with Crippen molar-refractivity contribution in [3.05, 3.63) is 0 Å². The first-order valence-electron chi connectivity index (χ1n) is 4.99. The molecule has 0 aromatic rings. The Morgan fingerprint density at radius 1 is 1.50 bits per heavy atom. The van der Waals surface area contributed by atoms with Gasteiger partial charge in [-0.25, -0.2) is 0 Å². The van der Waals surface area contributed by atoms with Gasteiger partial charge < -0.3 is 10.4 Å². The van der Waals surface area contributed by atoms with Crippen LogP contribution in [0.3, 0.4) is 0 Å². The number of hydrogen-bond donors (Lipinski definition) is 2. The molecule has 0 heterocycles. The van der Waals surface area contributed by atoms with Crippen LogP contribution >= 0.6 is 0 Å². The first-order valence-corrected chi connectivity index (χ1v) is 4.99. The fourth-order valence-electron chi connectivity index (χ4n) is 1.48. The molecular weight excluding hydrogens is 150 g/mol. The van der Waals surface area contributed by atoms with E-state index in [4.69, 9.17) is 5.11 Å². The van der Waals surface area contributed by atoms with Crippen LogP contribution in [0.4, 0.5) is 0 Å². The van der Waals surface area contributed by atoms with Crippen LogP contribution in [-0.4, -0.2) is 23.8 Å². The zero-order chi connectivity index (χ0) is 9.19. The molecule has 12 heavy (non-hydrogen) atoms. The minimum absolute atomic E-state index is 0.261. The van der Waals surface area contributed by atoms with Gasteiger partial charge >= 0.3 is 0 Å². The summed E-state index contributed by atoms with van der Waals surface area (Å²) in [5.41, 5.74) is 0.516. The van der Waals surface area contributed by atoms with Crippen LogP contribution in [0.5, 0.6) is 0 Å². The van der Waals surface area contributed by atoms with Crippen molar-refractivity contribution in [2.24, 2.45) is 5.41 Å². The van der Waals surface area contributed by atoms with Crippen molar-refractivity contribution in [3.8, 4) is 0 Å². The van der Waals surface area contributed by atoms with Crippen molar-refractivity contribution in [2.45, 2.75) is 52.1 Å². The van der Waals surface area contributed by atoms with Gasteiger partial charge in [-0.15, -0.1) is 0 Å². The monoisotopic (exact) mass is 171 g/mol. The molecule has 72 valence electrons. The third kappa shape index (κ3) is 2.20. The fourth-order valence-corrected chi connectivity index (χ4v) is 1.48. The molecule has 2 N–H and O–H groups in total. The highest BCUT2D eigenvalue weighted by Gasteiger charge is 2.42. The first kappa shape index (κ1) is 10.0. The first-order chi connectivity index (χ1) is 5.62. The zero-order valence-electron chi connectivity index (χ0n) is 8.43. The number of hydrogen-bond acceptors (Lipinski definition) is 2. The summed E-state index contributed by atoms with van der Waals surface area (Å²) in [4.78, 5) is 0. The summed E-state index contributed by atoms with van der Waals surface area (Å²) in [5.74, 6) is 0. The Balaban J connectivity index is 2.29. The summed E-state index contributed by atoms with van der Waals surface area (Å²) >= 11 is 0. The average molecular weight is 171 g/mol. The summed E-state index contributed by atoms with van der Waals surface area (Å²) < 4.78 is 0. The Hall–Kier alpha value is -0.0800. The molecule has 1 aliphatic rings. The van der Waals surface area contributed by atoms with Gasteiger partial charge in [-0.05, 0) is 31.6 Å². The Morgan fingerprint density at radius 2 is 2.08 bits per heavy atom. The number of aliphatic hydroxyl groups excluding tert-OH is 1. The predicted octanol–water partition coefficient (Wildman–Crippen LogP) is 1.54. The number of rotatable bonds is 5. The van der Waals surface area contributed by atoms with Gasteiger partial charge in [0, 0.05) is 12.1 Å². The molecule has 1 unspecified atom stereocenters. The van der Waals surface area contributed by atoms with E-state index in [1.54, 1.807) is 0 Å². The van der Waals surface area contributed by atoms with E-state index in [2.05, 4.69) is 26.1 Å². The molecule has 0 amide bonds. The van der Waals surface area contributed by atoms with E-state index < -0.39 is 0 Å². The Kier molecular flexibility index (Phi) is 3.13. The maximum absolute atomic E-state index is 9.00. The van der Waals surface area contributed by atoms with Crippen LogP contribution in [0.25, 0.3) is 0 Å². The molecule has 0 bridgehead atoms. The lowest BCUT2D eigenvalue weighted by Gasteiger charge is -2.25. The highest BCUT2D eigenvalue weighted by Crippen LogP contribution is 2.48. The summed E-state index contributed by atoms with van der Waals surface area (Å²) in [6, 6.07) is 0.840. The SMILES string of the molecule is CC[C@@H](CO)NC(C)C1(C)CC1. The molecule has 2 atom stereocenters. The standard InChI is InChI=1S/C10H21NO/c1-4-9(7-12)11-8(2)10(3)5-6-10/h8-9,11-12H,4-7H2,1-3H3/t8?,9-/m0/s1. The van der Waals surface area contributed by atoms with Crippen LogP contribution < -0.4 is 5.32 Å². The average Bonchev–Trinajstić information content (AvgIpc) is 2.80. The number of aliphatic hydroxyl groups is 1. The maximum Gasteiger partial charge on any atom is 0.0584 e. The van der Waals surface area contributed by atoms with Crippen molar-refractivity contribution >= 4 is 0 Å². The van der Waals surface area contributed by atoms with Crippen LogP contribution in [0.2, 0.25) is 0 Å². The molecule has 1 aliphatic carbocycles. The van der Waals surface area contributed by atoms with E-state index in [1.807, 2.05) is 0 Å². The lowest BCUT2D eigenvalue weighted by molar-refractivity contribution is 0.214. The van der Waals surface area contributed by atoms with Gasteiger partial charge in [0.15, 0.2) is 0 Å². The second kappa shape index (κ2) is 3.75. The topological polar surface area (TPSA) is 32.3 Å². The second-order valence-electron chi connectivity index (χ2n) is 4.33. The van der Waals surface area contributed by atoms with Gasteiger partial charge in [0.25, 0.3) is 0 Å². The van der Waals surface area contributed by atoms with Crippen LogP contribution in [0, 0.1) is 5.41 Å². The maximum atomic E-state index is 9.00. The van der Waals surface area contributed by atoms with Gasteiger partial charge in [-0.2, -0.15) is 0 Å². The smallest absolute Gasteiger partial charge is 0.0584 e. The van der Waals surface area contributed by atoms with E-state index in [1.165, 1.54) is 12.8 Å². The van der Waals surface area contributed by atoms with E-state index in [9.17, 15) is 0 Å². The highest BCUT2D eigenvalue weighted by atomic mass is 16.3. The summed E-state index contributed by atoms with van der Waals surface area (Å²) in [6.45, 7) is 6.91. The van der Waals surface area contributed by atoms with Crippen LogP contribution in [-0.2, 0) is 0 Å². The summed E-state index contributed by atoms with van der Waals surface area (Å²) in [7, 11) is 0. The second-order valence-corrected chi connectivity index (χ2v) is 4.33. The van der Waals surface area contributed by atoms with Gasteiger partial charge in [-0.3, -0.25) is 0 Å². The summed E-state index contributed by atoms with van der Waals surface area (Å²) in [6.07, 6.45) is 3.68. The lowest BCUT2D eigenvalue weighted by atomic mass is 9.99. The van der Waals surface area contributed by atoms with E-state index in [0.29, 0.717) is 11.5 Å². The molecule has 0 saturated heterocycles. The molecule has 0 spiro atoms. The quantitative estimate of drug-likeness (QED) is 0.657. The van der Waals surface area contributed by atoms with Gasteiger partial charge in [-0.1, -0.05) is 13.8 Å². The highest BCUT2D eigenvalue weighted by molar-refractivity contribution is 4.97. The molecule has 0 radical (unpaired) electrons. The molecule has 1 fully saturated rings. The zero-order valence-corrected chi connectivity index (χ0v) is 8.43. The lowest BCUT2D eigenvalue weighted by Crippen LogP contribution is -2.42. The van der Waals surface area contributed by atoms with E-state index in [0.717, 1.165) is 6.42 Å². The predicted molar refractivity (Wildman–Crippen MR) is 51.1 cm³/mol. The minimum atomic E-state index is 0.261. The van der Waals surface area contributed by atoms with Gasteiger partial charge in [0.05, 0.1) is 6.61 Å². The van der Waals surface area contributed by atoms with Crippen molar-refractivity contribution in [1.29, 1.82) is 0 Å². The Bertz CT molecular complexity index is 139. The van der Waals surface area contributed by atoms with Crippen molar-refractivity contribution in [3.63, 3.8) is 0 Å². The normalized spacial score (nSPS) is 25.0. The van der Waals surface area contributed by atoms with Crippen molar-refractivity contribution in [1.82, 2.24) is 5.32 Å². The third-order valence-electron chi connectivity index (χ3n) is 3.28. The van der Waals surface area contributed by atoms with Gasteiger partial charge in [0.2, 0.25) is 0 Å². The van der Waals surface area contributed by atoms with Gasteiger partial charge in [0.1, 0.15) is 0 Å². The summed E-state index contributed by atoms with van der Waals surface area (Å²) in [5, 5.41) is 12.5. The molecule has 0 aromatic carbocycles. The molecule has 2 heteroatoms. The molecule has 0 aliphatic heterocycles. The molecule has 0 aromatic heterocycles. The Morgan fingerprint density at radius 3 is 2.42 bits per heavy atom. The van der Waals surface area contributed by atoms with Crippen molar-refractivity contribution < 1.29 is 5.11 Å².